The zero-order chi connectivity index (χ0) is 25.3. The summed E-state index contributed by atoms with van der Waals surface area (Å²) in [5.41, 5.74) is 1.89. The van der Waals surface area contributed by atoms with E-state index in [0.29, 0.717) is 45.9 Å². The molecular formula is C25H25ClN2O6S. The molecule has 2 N–H and O–H groups in total. The Balaban J connectivity index is 1.68. The first-order valence-corrected chi connectivity index (χ1v) is 12.8. The van der Waals surface area contributed by atoms with Gasteiger partial charge in [0.2, 0.25) is 5.76 Å². The van der Waals surface area contributed by atoms with E-state index in [0.717, 1.165) is 11.5 Å². The van der Waals surface area contributed by atoms with Crippen molar-refractivity contribution in [1.82, 2.24) is 5.32 Å². The summed E-state index contributed by atoms with van der Waals surface area (Å²) in [5, 5.41) is 13.5. The van der Waals surface area contributed by atoms with Gasteiger partial charge in [-0.15, -0.1) is 0 Å². The van der Waals surface area contributed by atoms with Crippen LogP contribution in [-0.2, 0) is 23.1 Å². The van der Waals surface area contributed by atoms with Crippen LogP contribution >= 0.6 is 11.6 Å². The van der Waals surface area contributed by atoms with Crippen molar-refractivity contribution in [2.75, 3.05) is 10.8 Å². The maximum Gasteiger partial charge on any atom is 0.372 e. The number of nitrogens with zero attached hydrogens (tertiary/aromatic N) is 1. The first-order valence-electron chi connectivity index (χ1n) is 11.0. The number of hydrogen-bond acceptors (Lipinski definition) is 6. The number of nitrogens with one attached hydrogen (secondary N) is 1. The van der Waals surface area contributed by atoms with E-state index in [1.807, 2.05) is 19.1 Å². The SMILES string of the molecule is CCN(c1ccc(Cl)cc1CNCc1ccc(C)o1)S(=O)(=O)c1ccc2oc(C(=O)O)c(C)c2c1. The largest absolute Gasteiger partial charge is 0.475 e. The van der Waals surface area contributed by atoms with Gasteiger partial charge in [-0.2, -0.15) is 0 Å². The van der Waals surface area contributed by atoms with Crippen LogP contribution in [0, 0.1) is 13.8 Å². The third-order valence-corrected chi connectivity index (χ3v) is 7.82. The lowest BCUT2D eigenvalue weighted by Crippen LogP contribution is -2.32. The minimum Gasteiger partial charge on any atom is -0.475 e. The van der Waals surface area contributed by atoms with Crippen molar-refractivity contribution in [2.24, 2.45) is 0 Å². The van der Waals surface area contributed by atoms with E-state index in [2.05, 4.69) is 5.32 Å². The van der Waals surface area contributed by atoms with E-state index in [4.69, 9.17) is 20.4 Å². The standard InChI is InChI=1S/C25H25ClN2O6S/c1-4-28(22-9-6-18(26)11-17(22)13-27-14-19-7-5-15(2)33-19)35(31,32)20-8-10-23-21(12-20)16(3)24(34-23)25(29)30/h5-12,27H,4,13-14H2,1-3H3,(H,29,30). The van der Waals surface area contributed by atoms with Gasteiger partial charge in [-0.1, -0.05) is 11.6 Å². The van der Waals surface area contributed by atoms with Crippen molar-refractivity contribution < 1.29 is 27.2 Å². The Hall–Kier alpha value is -3.27. The van der Waals surface area contributed by atoms with E-state index in [9.17, 15) is 18.3 Å². The van der Waals surface area contributed by atoms with Crippen LogP contribution in [0.2, 0.25) is 5.02 Å². The minimum atomic E-state index is -3.98. The fourth-order valence-electron chi connectivity index (χ4n) is 4.00. The van der Waals surface area contributed by atoms with Crippen molar-refractivity contribution in [3.63, 3.8) is 0 Å². The van der Waals surface area contributed by atoms with Crippen LogP contribution in [0.15, 0.2) is 62.3 Å². The Kier molecular flexibility index (Phi) is 6.93. The van der Waals surface area contributed by atoms with Crippen LogP contribution in [0.25, 0.3) is 11.0 Å². The van der Waals surface area contributed by atoms with Crippen LogP contribution in [0.5, 0.6) is 0 Å². The molecule has 0 radical (unpaired) electrons. The summed E-state index contributed by atoms with van der Waals surface area (Å²) in [6.07, 6.45) is 0. The number of hydrogen-bond donors (Lipinski definition) is 2. The molecule has 0 bridgehead atoms. The topological polar surface area (TPSA) is 113 Å². The van der Waals surface area contributed by atoms with Crippen LogP contribution in [-0.4, -0.2) is 26.0 Å². The van der Waals surface area contributed by atoms with Gasteiger partial charge >= 0.3 is 5.97 Å². The van der Waals surface area contributed by atoms with Crippen molar-refractivity contribution in [3.05, 3.63) is 82.0 Å². The predicted octanol–water partition coefficient (Wildman–Crippen LogP) is 5.50. The number of rotatable bonds is 9. The van der Waals surface area contributed by atoms with Gasteiger partial charge in [0.05, 0.1) is 17.1 Å². The van der Waals surface area contributed by atoms with E-state index >= 15 is 0 Å². The predicted molar refractivity (Wildman–Crippen MR) is 134 cm³/mol. The van der Waals surface area contributed by atoms with Crippen molar-refractivity contribution in [2.45, 2.75) is 38.8 Å². The number of aromatic carboxylic acids is 1. The summed E-state index contributed by atoms with van der Waals surface area (Å²) in [5.74, 6) is 0.172. The molecule has 10 heteroatoms. The van der Waals surface area contributed by atoms with Gasteiger partial charge in [-0.05, 0) is 74.9 Å². The first kappa shape index (κ1) is 24.8. The molecule has 4 aromatic rings. The summed E-state index contributed by atoms with van der Waals surface area (Å²) in [6, 6.07) is 13.2. The highest BCUT2D eigenvalue weighted by molar-refractivity contribution is 7.92. The Morgan fingerprint density at radius 2 is 1.83 bits per heavy atom. The highest BCUT2D eigenvalue weighted by atomic mass is 35.5. The molecule has 0 unspecified atom stereocenters. The van der Waals surface area contributed by atoms with E-state index in [1.165, 1.54) is 22.5 Å². The van der Waals surface area contributed by atoms with E-state index in [1.54, 1.807) is 32.0 Å². The summed E-state index contributed by atoms with van der Waals surface area (Å²) in [4.78, 5) is 11.4. The Morgan fingerprint density at radius 1 is 1.06 bits per heavy atom. The molecule has 8 nitrogen and oxygen atoms in total. The van der Waals surface area contributed by atoms with E-state index < -0.39 is 16.0 Å². The highest BCUT2D eigenvalue weighted by Gasteiger charge is 2.27. The molecule has 0 amide bonds. The number of benzene rings is 2. The fraction of sp³-hybridized carbons (Fsp3) is 0.240. The zero-order valence-corrected chi connectivity index (χ0v) is 21.0. The molecule has 0 saturated heterocycles. The quantitative estimate of drug-likeness (QED) is 0.302. The number of fused-ring (bicyclic) bond motifs is 1. The number of carbonyl (C=O) groups is 1. The van der Waals surface area contributed by atoms with Crippen LogP contribution in [0.4, 0.5) is 5.69 Å². The van der Waals surface area contributed by atoms with E-state index in [-0.39, 0.29) is 17.2 Å². The van der Waals surface area contributed by atoms with Gasteiger partial charge < -0.3 is 19.3 Å². The molecular weight excluding hydrogens is 492 g/mol. The Morgan fingerprint density at radius 3 is 2.49 bits per heavy atom. The number of sulfonamides is 1. The molecule has 2 heterocycles. The second-order valence-corrected chi connectivity index (χ2v) is 10.4. The molecule has 4 rings (SSSR count). The average Bonchev–Trinajstić information content (AvgIpc) is 3.38. The summed E-state index contributed by atoms with van der Waals surface area (Å²) in [6.45, 7) is 6.22. The lowest BCUT2D eigenvalue weighted by Gasteiger charge is -2.26. The average molecular weight is 517 g/mol. The molecule has 35 heavy (non-hydrogen) atoms. The monoisotopic (exact) mass is 516 g/mol. The molecule has 184 valence electrons. The normalized spacial score (nSPS) is 11.8. The zero-order valence-electron chi connectivity index (χ0n) is 19.5. The second kappa shape index (κ2) is 9.77. The lowest BCUT2D eigenvalue weighted by molar-refractivity contribution is 0.0664. The van der Waals surface area contributed by atoms with Crippen molar-refractivity contribution in [3.8, 4) is 0 Å². The molecule has 2 aromatic heterocycles. The van der Waals surface area contributed by atoms with Crippen molar-refractivity contribution >= 4 is 44.3 Å². The fourth-order valence-corrected chi connectivity index (χ4v) is 5.73. The van der Waals surface area contributed by atoms with Crippen LogP contribution in [0.1, 0.15) is 40.1 Å². The number of furan rings is 2. The van der Waals surface area contributed by atoms with Crippen LogP contribution in [0.3, 0.4) is 0 Å². The Labute approximate surface area is 208 Å². The maximum atomic E-state index is 13.7. The molecule has 0 atom stereocenters. The second-order valence-electron chi connectivity index (χ2n) is 8.08. The summed E-state index contributed by atoms with van der Waals surface area (Å²) >= 11 is 6.23. The smallest absolute Gasteiger partial charge is 0.372 e. The third-order valence-electron chi connectivity index (χ3n) is 5.70. The molecule has 0 aliphatic carbocycles. The molecule has 0 spiro atoms. The van der Waals surface area contributed by atoms with Gasteiger partial charge in [0.1, 0.15) is 17.1 Å². The van der Waals surface area contributed by atoms with Gasteiger partial charge in [0.15, 0.2) is 0 Å². The number of aryl methyl sites for hydroxylation is 2. The number of carboxylic acid groups (broad SMARTS) is 1. The molecule has 0 fully saturated rings. The Bertz CT molecular complexity index is 1510. The van der Waals surface area contributed by atoms with Gasteiger partial charge in [-0.25, -0.2) is 13.2 Å². The molecule has 0 aliphatic rings. The third kappa shape index (κ3) is 4.93. The van der Waals surface area contributed by atoms with Gasteiger partial charge in [-0.3, -0.25) is 4.31 Å². The number of halogens is 1. The molecule has 2 aromatic carbocycles. The molecule has 0 aliphatic heterocycles. The van der Waals surface area contributed by atoms with Gasteiger partial charge in [0, 0.05) is 29.1 Å². The van der Waals surface area contributed by atoms with Crippen molar-refractivity contribution in [1.29, 1.82) is 0 Å². The minimum absolute atomic E-state index is 0.0348. The lowest BCUT2D eigenvalue weighted by atomic mass is 10.1. The highest BCUT2D eigenvalue weighted by Crippen LogP contribution is 2.32. The summed E-state index contributed by atoms with van der Waals surface area (Å²) in [7, 11) is -3.98. The number of carboxylic acids is 1. The first-order chi connectivity index (χ1) is 16.6. The molecule has 0 saturated carbocycles. The van der Waals surface area contributed by atoms with Crippen LogP contribution < -0.4 is 9.62 Å². The van der Waals surface area contributed by atoms with Gasteiger partial charge in [0.25, 0.3) is 10.0 Å². The summed E-state index contributed by atoms with van der Waals surface area (Å²) < 4.78 is 39.7. The number of anilines is 1. The maximum absolute atomic E-state index is 13.7.